The minimum absolute atomic E-state index is 0.101. The van der Waals surface area contributed by atoms with Crippen LogP contribution in [0, 0.1) is 5.92 Å². The molecule has 0 unspecified atom stereocenters. The van der Waals surface area contributed by atoms with Gasteiger partial charge in [-0.25, -0.2) is 4.79 Å². The number of carbonyl (C=O) groups excluding carboxylic acids is 1. The minimum atomic E-state index is -0.101. The molecule has 0 fully saturated rings. The van der Waals surface area contributed by atoms with Gasteiger partial charge in [-0.15, -0.1) is 0 Å². The number of carbonyl (C=O) groups is 1. The van der Waals surface area contributed by atoms with Crippen molar-refractivity contribution in [2.45, 2.75) is 33.6 Å². The third-order valence-electron chi connectivity index (χ3n) is 5.96. The van der Waals surface area contributed by atoms with Crippen molar-refractivity contribution in [1.29, 1.82) is 0 Å². The summed E-state index contributed by atoms with van der Waals surface area (Å²) in [6.45, 7) is 10.5. The first-order valence-electron chi connectivity index (χ1n) is 11.7. The lowest BCUT2D eigenvalue weighted by Crippen LogP contribution is -2.35. The van der Waals surface area contributed by atoms with Gasteiger partial charge in [-0.1, -0.05) is 45.0 Å². The average molecular weight is 431 g/mol. The lowest BCUT2D eigenvalue weighted by Gasteiger charge is -2.27. The van der Waals surface area contributed by atoms with E-state index in [1.165, 1.54) is 11.1 Å². The highest BCUT2D eigenvalue weighted by molar-refractivity contribution is 6.03. The molecule has 0 saturated carbocycles. The predicted octanol–water partition coefficient (Wildman–Crippen LogP) is 6.36. The van der Waals surface area contributed by atoms with Crippen molar-refractivity contribution in [3.05, 3.63) is 66.4 Å². The number of benzene rings is 2. The molecule has 2 heterocycles. The smallest absolute Gasteiger partial charge is 0.326 e. The Bertz CT molecular complexity index is 1080. The van der Waals surface area contributed by atoms with Crippen molar-refractivity contribution in [2.75, 3.05) is 36.4 Å². The molecule has 0 atom stereocenters. The normalized spacial score (nSPS) is 14.6. The molecule has 0 saturated heterocycles. The number of anilines is 2. The van der Waals surface area contributed by atoms with E-state index in [0.717, 1.165) is 54.8 Å². The summed E-state index contributed by atoms with van der Waals surface area (Å²) in [4.78, 5) is 20.8. The van der Waals surface area contributed by atoms with Gasteiger partial charge in [-0.2, -0.15) is 0 Å². The van der Waals surface area contributed by atoms with E-state index >= 15 is 0 Å². The third-order valence-corrected chi connectivity index (χ3v) is 5.96. The third kappa shape index (κ3) is 5.05. The van der Waals surface area contributed by atoms with E-state index in [-0.39, 0.29) is 6.03 Å². The molecule has 1 aromatic heterocycles. The quantitative estimate of drug-likeness (QED) is 0.458. The van der Waals surface area contributed by atoms with E-state index in [9.17, 15) is 4.79 Å². The van der Waals surface area contributed by atoms with Crippen LogP contribution in [0.15, 0.2) is 60.8 Å². The van der Waals surface area contributed by atoms with Gasteiger partial charge in [0.2, 0.25) is 0 Å². The number of rotatable bonds is 7. The highest BCUT2D eigenvalue weighted by Crippen LogP contribution is 2.31. The van der Waals surface area contributed by atoms with Crippen molar-refractivity contribution < 1.29 is 4.79 Å². The van der Waals surface area contributed by atoms with E-state index in [0.29, 0.717) is 12.5 Å². The van der Waals surface area contributed by atoms with Crippen molar-refractivity contribution in [3.8, 4) is 0 Å². The second-order valence-electron chi connectivity index (χ2n) is 9.01. The Morgan fingerprint density at radius 2 is 2.00 bits per heavy atom. The molecule has 3 aromatic rings. The standard InChI is InChI=1S/C27H34N4O/c1-4-14-31(23-8-6-5-7-9-23)27(32)29-22-10-11-26-24(17-22)25(18-28-26)21-12-15-30(16-13-21)19-20(2)3/h5-12,17-18,20,28H,4,13-16,19H2,1-3H3,(H,29,32). The van der Waals surface area contributed by atoms with Gasteiger partial charge >= 0.3 is 6.03 Å². The first kappa shape index (κ1) is 22.2. The van der Waals surface area contributed by atoms with E-state index in [2.05, 4.69) is 60.4 Å². The van der Waals surface area contributed by atoms with Crippen LogP contribution in [0.25, 0.3) is 16.5 Å². The van der Waals surface area contributed by atoms with Crippen LogP contribution in [0.4, 0.5) is 16.2 Å². The van der Waals surface area contributed by atoms with Gasteiger partial charge in [-0.3, -0.25) is 9.80 Å². The van der Waals surface area contributed by atoms with E-state index < -0.39 is 0 Å². The molecule has 5 heteroatoms. The van der Waals surface area contributed by atoms with E-state index in [4.69, 9.17) is 0 Å². The summed E-state index contributed by atoms with van der Waals surface area (Å²) >= 11 is 0. The molecular weight excluding hydrogens is 396 g/mol. The summed E-state index contributed by atoms with van der Waals surface area (Å²) < 4.78 is 0. The van der Waals surface area contributed by atoms with Crippen LogP contribution in [0.1, 0.15) is 39.2 Å². The molecule has 0 aliphatic carbocycles. The lowest BCUT2D eigenvalue weighted by atomic mass is 9.98. The highest BCUT2D eigenvalue weighted by atomic mass is 16.2. The average Bonchev–Trinajstić information content (AvgIpc) is 3.21. The Morgan fingerprint density at radius 1 is 1.19 bits per heavy atom. The summed E-state index contributed by atoms with van der Waals surface area (Å²) in [5.41, 5.74) is 5.45. The van der Waals surface area contributed by atoms with Crippen LogP contribution >= 0.6 is 0 Å². The Balaban J connectivity index is 1.54. The zero-order valence-corrected chi connectivity index (χ0v) is 19.4. The molecule has 0 radical (unpaired) electrons. The van der Waals surface area contributed by atoms with Crippen LogP contribution < -0.4 is 10.2 Å². The fourth-order valence-electron chi connectivity index (χ4n) is 4.47. The molecular formula is C27H34N4O. The number of aromatic nitrogens is 1. The van der Waals surface area contributed by atoms with Crippen molar-refractivity contribution in [3.63, 3.8) is 0 Å². The molecule has 168 valence electrons. The monoisotopic (exact) mass is 430 g/mol. The minimum Gasteiger partial charge on any atom is -0.361 e. The number of hydrogen-bond donors (Lipinski definition) is 2. The molecule has 2 amide bonds. The molecule has 2 N–H and O–H groups in total. The second kappa shape index (κ2) is 10.0. The van der Waals surface area contributed by atoms with Crippen LogP contribution in [0.5, 0.6) is 0 Å². The maximum atomic E-state index is 13.1. The van der Waals surface area contributed by atoms with Crippen LogP contribution in [-0.4, -0.2) is 42.1 Å². The highest BCUT2D eigenvalue weighted by Gasteiger charge is 2.18. The number of aromatic amines is 1. The fraction of sp³-hybridized carbons (Fsp3) is 0.370. The summed E-state index contributed by atoms with van der Waals surface area (Å²) in [6.07, 6.45) is 6.41. The molecule has 5 nitrogen and oxygen atoms in total. The molecule has 0 spiro atoms. The predicted molar refractivity (Wildman–Crippen MR) is 135 cm³/mol. The fourth-order valence-corrected chi connectivity index (χ4v) is 4.47. The van der Waals surface area contributed by atoms with Crippen LogP contribution in [0.3, 0.4) is 0 Å². The van der Waals surface area contributed by atoms with Gasteiger partial charge in [0.25, 0.3) is 0 Å². The Labute approximate surface area is 191 Å². The van der Waals surface area contributed by atoms with Gasteiger partial charge in [0.05, 0.1) is 0 Å². The number of fused-ring (bicyclic) bond motifs is 1. The van der Waals surface area contributed by atoms with Gasteiger partial charge in [0, 0.05) is 60.2 Å². The first-order valence-corrected chi connectivity index (χ1v) is 11.7. The molecule has 32 heavy (non-hydrogen) atoms. The molecule has 2 aromatic carbocycles. The zero-order chi connectivity index (χ0) is 22.5. The molecule has 1 aliphatic heterocycles. The number of H-pyrrole nitrogens is 1. The van der Waals surface area contributed by atoms with Crippen LogP contribution in [-0.2, 0) is 0 Å². The topological polar surface area (TPSA) is 51.4 Å². The van der Waals surface area contributed by atoms with E-state index in [1.807, 2.05) is 36.4 Å². The van der Waals surface area contributed by atoms with Gasteiger partial charge < -0.3 is 10.3 Å². The van der Waals surface area contributed by atoms with Gasteiger partial charge in [0.1, 0.15) is 0 Å². The Morgan fingerprint density at radius 3 is 2.69 bits per heavy atom. The number of para-hydroxylation sites is 1. The van der Waals surface area contributed by atoms with Gasteiger partial charge in [0.15, 0.2) is 0 Å². The summed E-state index contributed by atoms with van der Waals surface area (Å²) in [5, 5.41) is 4.27. The van der Waals surface area contributed by atoms with Gasteiger partial charge in [-0.05, 0) is 54.7 Å². The lowest BCUT2D eigenvalue weighted by molar-refractivity contribution is 0.257. The largest absolute Gasteiger partial charge is 0.361 e. The maximum absolute atomic E-state index is 13.1. The zero-order valence-electron chi connectivity index (χ0n) is 19.4. The molecule has 0 bridgehead atoms. The first-order chi connectivity index (χ1) is 15.5. The Kier molecular flexibility index (Phi) is 6.96. The van der Waals surface area contributed by atoms with E-state index in [1.54, 1.807) is 4.90 Å². The summed E-state index contributed by atoms with van der Waals surface area (Å²) in [5.74, 6) is 0.687. The number of nitrogens with zero attached hydrogens (tertiary/aromatic N) is 2. The number of amides is 2. The number of hydrogen-bond acceptors (Lipinski definition) is 2. The van der Waals surface area contributed by atoms with Crippen molar-refractivity contribution in [2.24, 2.45) is 5.92 Å². The van der Waals surface area contributed by atoms with Crippen molar-refractivity contribution >= 4 is 33.9 Å². The van der Waals surface area contributed by atoms with Crippen LogP contribution in [0.2, 0.25) is 0 Å². The second-order valence-corrected chi connectivity index (χ2v) is 9.01. The summed E-state index contributed by atoms with van der Waals surface area (Å²) in [6, 6.07) is 15.8. The number of urea groups is 1. The maximum Gasteiger partial charge on any atom is 0.326 e. The SMILES string of the molecule is CCCN(C(=O)Nc1ccc2[nH]cc(C3=CCN(CC(C)C)CC3)c2c1)c1ccccc1. The molecule has 4 rings (SSSR count). The molecule has 1 aliphatic rings. The Hall–Kier alpha value is -3.05. The summed E-state index contributed by atoms with van der Waals surface area (Å²) in [7, 11) is 0. The number of nitrogens with one attached hydrogen (secondary N) is 2. The van der Waals surface area contributed by atoms with Crippen molar-refractivity contribution in [1.82, 2.24) is 9.88 Å².